The lowest BCUT2D eigenvalue weighted by Crippen LogP contribution is -2.48. The standard InChI is InChI=1S/C13H21N5O3/c19-12(20)11(7-10-8-14-9-16-10)17-13(21)15-3-6-18-4-1-2-5-18/h8-9,11H,1-7H2,(H,14,16)(H,19,20)(H2,15,17,21). The Morgan fingerprint density at radius 2 is 2.19 bits per heavy atom. The fourth-order valence-electron chi connectivity index (χ4n) is 2.36. The number of rotatable bonds is 7. The van der Waals surface area contributed by atoms with Gasteiger partial charge in [-0.2, -0.15) is 0 Å². The predicted molar refractivity (Wildman–Crippen MR) is 75.9 cm³/mol. The Labute approximate surface area is 122 Å². The third-order valence-electron chi connectivity index (χ3n) is 3.49. The van der Waals surface area contributed by atoms with Crippen LogP contribution < -0.4 is 10.6 Å². The normalized spacial score (nSPS) is 16.6. The number of H-pyrrole nitrogens is 1. The number of nitrogens with zero attached hydrogens (tertiary/aromatic N) is 2. The van der Waals surface area contributed by atoms with Gasteiger partial charge in [0.1, 0.15) is 6.04 Å². The molecule has 4 N–H and O–H groups in total. The molecule has 0 spiro atoms. The summed E-state index contributed by atoms with van der Waals surface area (Å²) in [7, 11) is 0. The zero-order valence-corrected chi connectivity index (χ0v) is 11.8. The van der Waals surface area contributed by atoms with Crippen LogP contribution in [0.1, 0.15) is 18.5 Å². The average Bonchev–Trinajstić information content (AvgIpc) is 3.10. The first kappa shape index (κ1) is 15.3. The Morgan fingerprint density at radius 1 is 1.43 bits per heavy atom. The van der Waals surface area contributed by atoms with Crippen molar-refractivity contribution in [3.63, 3.8) is 0 Å². The lowest BCUT2D eigenvalue weighted by Gasteiger charge is -2.17. The second-order valence-corrected chi connectivity index (χ2v) is 5.12. The topological polar surface area (TPSA) is 110 Å². The molecule has 0 saturated carbocycles. The highest BCUT2D eigenvalue weighted by atomic mass is 16.4. The number of aromatic nitrogens is 2. The molecule has 0 radical (unpaired) electrons. The van der Waals surface area contributed by atoms with Crippen LogP contribution in [0.2, 0.25) is 0 Å². The van der Waals surface area contributed by atoms with Crippen LogP contribution >= 0.6 is 0 Å². The minimum atomic E-state index is -1.07. The molecule has 1 fully saturated rings. The van der Waals surface area contributed by atoms with E-state index in [9.17, 15) is 9.59 Å². The fraction of sp³-hybridized carbons (Fsp3) is 0.615. The SMILES string of the molecule is O=C(NCCN1CCCC1)NC(Cc1cnc[nH]1)C(=O)O. The van der Waals surface area contributed by atoms with Crippen molar-refractivity contribution in [2.24, 2.45) is 0 Å². The summed E-state index contributed by atoms with van der Waals surface area (Å²) in [6.45, 7) is 3.45. The number of aliphatic carboxylic acids is 1. The minimum absolute atomic E-state index is 0.175. The summed E-state index contributed by atoms with van der Waals surface area (Å²) in [4.78, 5) is 31.8. The Bertz CT molecular complexity index is 456. The highest BCUT2D eigenvalue weighted by molar-refractivity contribution is 5.82. The molecule has 1 unspecified atom stereocenters. The molecule has 8 nitrogen and oxygen atoms in total. The van der Waals surface area contributed by atoms with Gasteiger partial charge in [0.15, 0.2) is 0 Å². The molecule has 0 bridgehead atoms. The Morgan fingerprint density at radius 3 is 2.81 bits per heavy atom. The van der Waals surface area contributed by atoms with E-state index < -0.39 is 18.0 Å². The number of urea groups is 1. The molecule has 2 amide bonds. The van der Waals surface area contributed by atoms with Gasteiger partial charge in [0.25, 0.3) is 0 Å². The minimum Gasteiger partial charge on any atom is -0.480 e. The summed E-state index contributed by atoms with van der Waals surface area (Å²) in [5, 5.41) is 14.3. The van der Waals surface area contributed by atoms with Crippen molar-refractivity contribution in [2.75, 3.05) is 26.2 Å². The molecule has 8 heteroatoms. The summed E-state index contributed by atoms with van der Waals surface area (Å²) in [6.07, 6.45) is 5.61. The van der Waals surface area contributed by atoms with Crippen LogP contribution in [0.4, 0.5) is 4.79 Å². The number of likely N-dealkylation sites (tertiary alicyclic amines) is 1. The monoisotopic (exact) mass is 295 g/mol. The molecule has 1 aromatic heterocycles. The van der Waals surface area contributed by atoms with Crippen LogP contribution in [-0.4, -0.2) is 64.2 Å². The van der Waals surface area contributed by atoms with Crippen LogP contribution in [0.3, 0.4) is 0 Å². The second-order valence-electron chi connectivity index (χ2n) is 5.12. The lowest BCUT2D eigenvalue weighted by molar-refractivity contribution is -0.139. The third-order valence-corrected chi connectivity index (χ3v) is 3.49. The Balaban J connectivity index is 1.71. The number of aromatic amines is 1. The largest absolute Gasteiger partial charge is 0.480 e. The summed E-state index contributed by atoms with van der Waals surface area (Å²) >= 11 is 0. The summed E-state index contributed by atoms with van der Waals surface area (Å²) in [5.74, 6) is -1.07. The molecule has 1 aliphatic heterocycles. The van der Waals surface area contributed by atoms with Gasteiger partial charge in [-0.25, -0.2) is 14.6 Å². The number of carbonyl (C=O) groups is 2. The number of amides is 2. The maximum absolute atomic E-state index is 11.7. The smallest absolute Gasteiger partial charge is 0.326 e. The van der Waals surface area contributed by atoms with Crippen LogP contribution in [-0.2, 0) is 11.2 Å². The molecule has 1 saturated heterocycles. The molecule has 1 aromatic rings. The van der Waals surface area contributed by atoms with Gasteiger partial charge in [0.2, 0.25) is 0 Å². The van der Waals surface area contributed by atoms with E-state index in [-0.39, 0.29) is 6.42 Å². The summed E-state index contributed by atoms with van der Waals surface area (Å²) < 4.78 is 0. The maximum atomic E-state index is 11.7. The lowest BCUT2D eigenvalue weighted by atomic mass is 10.2. The number of carboxylic acid groups (broad SMARTS) is 1. The predicted octanol–water partition coefficient (Wildman–Crippen LogP) is -0.200. The number of hydrogen-bond acceptors (Lipinski definition) is 4. The van der Waals surface area contributed by atoms with E-state index in [1.54, 1.807) is 6.20 Å². The average molecular weight is 295 g/mol. The zero-order chi connectivity index (χ0) is 15.1. The molecule has 2 heterocycles. The molecule has 0 aromatic carbocycles. The summed E-state index contributed by atoms with van der Waals surface area (Å²) in [5.41, 5.74) is 0.666. The first-order valence-electron chi connectivity index (χ1n) is 7.12. The van der Waals surface area contributed by atoms with Gasteiger partial charge in [-0.05, 0) is 25.9 Å². The second kappa shape index (κ2) is 7.63. The van der Waals surface area contributed by atoms with Gasteiger partial charge in [-0.15, -0.1) is 0 Å². The Kier molecular flexibility index (Phi) is 5.56. The van der Waals surface area contributed by atoms with E-state index in [0.29, 0.717) is 12.2 Å². The van der Waals surface area contributed by atoms with Crippen molar-refractivity contribution in [3.05, 3.63) is 18.2 Å². The highest BCUT2D eigenvalue weighted by Crippen LogP contribution is 2.05. The number of nitrogens with one attached hydrogen (secondary N) is 3. The molecular formula is C13H21N5O3. The number of hydrogen-bond donors (Lipinski definition) is 4. The first-order chi connectivity index (χ1) is 10.1. The number of carbonyl (C=O) groups excluding carboxylic acids is 1. The van der Waals surface area contributed by atoms with Crippen LogP contribution in [0.5, 0.6) is 0 Å². The molecule has 116 valence electrons. The van der Waals surface area contributed by atoms with Crippen LogP contribution in [0, 0.1) is 0 Å². The van der Waals surface area contributed by atoms with Crippen molar-refractivity contribution in [1.29, 1.82) is 0 Å². The molecule has 1 atom stereocenters. The third kappa shape index (κ3) is 5.07. The number of carboxylic acids is 1. The highest BCUT2D eigenvalue weighted by Gasteiger charge is 2.21. The molecular weight excluding hydrogens is 274 g/mol. The van der Waals surface area contributed by atoms with Gasteiger partial charge >= 0.3 is 12.0 Å². The fourth-order valence-corrected chi connectivity index (χ4v) is 2.36. The first-order valence-corrected chi connectivity index (χ1v) is 7.12. The van der Waals surface area contributed by atoms with Gasteiger partial charge in [0, 0.05) is 31.4 Å². The molecule has 21 heavy (non-hydrogen) atoms. The van der Waals surface area contributed by atoms with Gasteiger partial charge in [0.05, 0.1) is 6.33 Å². The van der Waals surface area contributed by atoms with E-state index in [4.69, 9.17) is 5.11 Å². The molecule has 0 aliphatic carbocycles. The molecule has 2 rings (SSSR count). The van der Waals surface area contributed by atoms with Gasteiger partial charge in [-0.3, -0.25) is 0 Å². The number of imidazole rings is 1. The Hall–Kier alpha value is -2.09. The van der Waals surface area contributed by atoms with Crippen molar-refractivity contribution >= 4 is 12.0 Å². The quantitative estimate of drug-likeness (QED) is 0.557. The van der Waals surface area contributed by atoms with E-state index in [1.807, 2.05) is 0 Å². The van der Waals surface area contributed by atoms with Gasteiger partial charge in [-0.1, -0.05) is 0 Å². The van der Waals surface area contributed by atoms with Crippen LogP contribution in [0.15, 0.2) is 12.5 Å². The van der Waals surface area contributed by atoms with Crippen LogP contribution in [0.25, 0.3) is 0 Å². The van der Waals surface area contributed by atoms with Crippen molar-refractivity contribution in [3.8, 4) is 0 Å². The maximum Gasteiger partial charge on any atom is 0.326 e. The van der Waals surface area contributed by atoms with Crippen molar-refractivity contribution in [2.45, 2.75) is 25.3 Å². The van der Waals surface area contributed by atoms with Crippen molar-refractivity contribution < 1.29 is 14.7 Å². The van der Waals surface area contributed by atoms with Crippen molar-refractivity contribution in [1.82, 2.24) is 25.5 Å². The van der Waals surface area contributed by atoms with Gasteiger partial charge < -0.3 is 25.6 Å². The molecule has 1 aliphatic rings. The van der Waals surface area contributed by atoms with E-state index >= 15 is 0 Å². The summed E-state index contributed by atoms with van der Waals surface area (Å²) in [6, 6.07) is -1.43. The van der Waals surface area contributed by atoms with E-state index in [0.717, 1.165) is 19.6 Å². The zero-order valence-electron chi connectivity index (χ0n) is 11.8. The van der Waals surface area contributed by atoms with E-state index in [2.05, 4.69) is 25.5 Å². The van der Waals surface area contributed by atoms with E-state index in [1.165, 1.54) is 19.2 Å².